The van der Waals surface area contributed by atoms with Crippen LogP contribution in [0.5, 0.6) is 0 Å². The van der Waals surface area contributed by atoms with Crippen molar-refractivity contribution < 1.29 is 0 Å². The summed E-state index contributed by atoms with van der Waals surface area (Å²) in [6, 6.07) is 0.769. The lowest BCUT2D eigenvalue weighted by Crippen LogP contribution is -2.34. The van der Waals surface area contributed by atoms with Crippen LogP contribution in [0.2, 0.25) is 0 Å². The predicted octanol–water partition coefficient (Wildman–Crippen LogP) is 1.33. The molecule has 0 amide bonds. The Morgan fingerprint density at radius 3 is 2.94 bits per heavy atom. The molecule has 2 fully saturated rings. The SMILES string of the molecule is CNCNCCN[C@@H]1C[C@H]1C1=C[C@@H]2CC2C[C@@H]1C. The van der Waals surface area contributed by atoms with Crippen LogP contribution in [0.15, 0.2) is 11.6 Å². The summed E-state index contributed by atoms with van der Waals surface area (Å²) in [6.07, 6.45) is 6.94. The van der Waals surface area contributed by atoms with Gasteiger partial charge in [0.2, 0.25) is 0 Å². The summed E-state index contributed by atoms with van der Waals surface area (Å²) in [5, 5.41) is 10.1. The van der Waals surface area contributed by atoms with Crippen molar-refractivity contribution in [2.75, 3.05) is 26.8 Å². The van der Waals surface area contributed by atoms with Crippen molar-refractivity contribution >= 4 is 0 Å². The zero-order valence-electron chi connectivity index (χ0n) is 11.7. The van der Waals surface area contributed by atoms with Crippen LogP contribution in [0.1, 0.15) is 26.2 Å². The first-order valence-corrected chi connectivity index (χ1v) is 7.60. The molecular weight excluding hydrogens is 222 g/mol. The van der Waals surface area contributed by atoms with Gasteiger partial charge in [0, 0.05) is 25.8 Å². The van der Waals surface area contributed by atoms with E-state index >= 15 is 0 Å². The third-order valence-electron chi connectivity index (χ3n) is 4.84. The molecule has 3 heteroatoms. The van der Waals surface area contributed by atoms with Crippen molar-refractivity contribution in [2.45, 2.75) is 32.2 Å². The second kappa shape index (κ2) is 5.32. The van der Waals surface area contributed by atoms with Crippen molar-refractivity contribution in [3.63, 3.8) is 0 Å². The quantitative estimate of drug-likeness (QED) is 0.362. The Bertz CT molecular complexity index is 326. The highest BCUT2D eigenvalue weighted by Crippen LogP contribution is 2.54. The summed E-state index contributed by atoms with van der Waals surface area (Å²) in [5.74, 6) is 3.74. The number of rotatable bonds is 7. The van der Waals surface area contributed by atoms with Gasteiger partial charge in [-0.1, -0.05) is 18.6 Å². The summed E-state index contributed by atoms with van der Waals surface area (Å²) in [5.41, 5.74) is 1.79. The van der Waals surface area contributed by atoms with Gasteiger partial charge in [-0.3, -0.25) is 0 Å². The minimum atomic E-state index is 0.769. The molecule has 3 nitrogen and oxygen atoms in total. The van der Waals surface area contributed by atoms with Crippen LogP contribution in [0.25, 0.3) is 0 Å². The van der Waals surface area contributed by atoms with Crippen molar-refractivity contribution in [3.8, 4) is 0 Å². The van der Waals surface area contributed by atoms with Crippen molar-refractivity contribution in [1.82, 2.24) is 16.0 Å². The van der Waals surface area contributed by atoms with Crippen molar-refractivity contribution in [1.29, 1.82) is 0 Å². The van der Waals surface area contributed by atoms with Crippen LogP contribution in [0, 0.1) is 23.7 Å². The Kier molecular flexibility index (Phi) is 3.73. The van der Waals surface area contributed by atoms with Crippen LogP contribution in [-0.4, -0.2) is 32.8 Å². The zero-order chi connectivity index (χ0) is 12.5. The Balaban J connectivity index is 1.38. The van der Waals surface area contributed by atoms with Gasteiger partial charge in [-0.2, -0.15) is 0 Å². The van der Waals surface area contributed by atoms with Gasteiger partial charge in [0.15, 0.2) is 0 Å². The smallest absolute Gasteiger partial charge is 0.0452 e. The third-order valence-corrected chi connectivity index (χ3v) is 4.84. The third kappa shape index (κ3) is 2.79. The molecule has 0 heterocycles. The number of hydrogen-bond donors (Lipinski definition) is 3. The molecule has 0 bridgehead atoms. The maximum Gasteiger partial charge on any atom is 0.0452 e. The fourth-order valence-corrected chi connectivity index (χ4v) is 3.59. The lowest BCUT2D eigenvalue weighted by molar-refractivity contribution is 0.491. The summed E-state index contributed by atoms with van der Waals surface area (Å²) in [7, 11) is 1.97. The number of allylic oxidation sites excluding steroid dienone is 1. The lowest BCUT2D eigenvalue weighted by Gasteiger charge is -2.20. The zero-order valence-corrected chi connectivity index (χ0v) is 11.7. The van der Waals surface area contributed by atoms with Crippen LogP contribution in [0.4, 0.5) is 0 Å². The van der Waals surface area contributed by atoms with Gasteiger partial charge in [0.05, 0.1) is 0 Å². The van der Waals surface area contributed by atoms with E-state index < -0.39 is 0 Å². The standard InChI is InChI=1S/C15H27N3/c1-10-5-11-6-12(11)7-13(10)14-8-15(14)18-4-3-17-9-16-2/h7,10-12,14-18H,3-6,8-9H2,1-2H3/t10-,11?,12-,14-,15+/m0/s1. The molecule has 0 spiro atoms. The first kappa shape index (κ1) is 12.6. The Morgan fingerprint density at radius 2 is 2.11 bits per heavy atom. The number of fused-ring (bicyclic) bond motifs is 1. The molecule has 0 aromatic rings. The van der Waals surface area contributed by atoms with E-state index in [9.17, 15) is 0 Å². The molecule has 3 rings (SSSR count). The fourth-order valence-electron chi connectivity index (χ4n) is 3.59. The van der Waals surface area contributed by atoms with Gasteiger partial charge in [0.25, 0.3) is 0 Å². The van der Waals surface area contributed by atoms with Gasteiger partial charge >= 0.3 is 0 Å². The number of nitrogens with one attached hydrogen (secondary N) is 3. The summed E-state index contributed by atoms with van der Waals surface area (Å²) >= 11 is 0. The highest BCUT2D eigenvalue weighted by atomic mass is 15.1. The van der Waals surface area contributed by atoms with Crippen LogP contribution in [-0.2, 0) is 0 Å². The minimum Gasteiger partial charge on any atom is -0.312 e. The van der Waals surface area contributed by atoms with Gasteiger partial charge < -0.3 is 16.0 Å². The molecule has 0 radical (unpaired) electrons. The minimum absolute atomic E-state index is 0.769. The summed E-state index contributed by atoms with van der Waals surface area (Å²) in [6.45, 7) is 5.49. The normalized spacial score (nSPS) is 41.2. The lowest BCUT2D eigenvalue weighted by atomic mass is 9.86. The van der Waals surface area contributed by atoms with E-state index in [4.69, 9.17) is 0 Å². The van der Waals surface area contributed by atoms with E-state index in [-0.39, 0.29) is 0 Å². The van der Waals surface area contributed by atoms with E-state index in [2.05, 4.69) is 29.0 Å². The molecule has 0 aliphatic heterocycles. The second-order valence-electron chi connectivity index (χ2n) is 6.40. The highest BCUT2D eigenvalue weighted by molar-refractivity contribution is 5.27. The molecule has 0 aromatic carbocycles. The van der Waals surface area contributed by atoms with Crippen molar-refractivity contribution in [3.05, 3.63) is 11.6 Å². The van der Waals surface area contributed by atoms with Crippen LogP contribution in [0.3, 0.4) is 0 Å². The van der Waals surface area contributed by atoms with Crippen LogP contribution < -0.4 is 16.0 Å². The first-order valence-electron chi connectivity index (χ1n) is 7.60. The van der Waals surface area contributed by atoms with Gasteiger partial charge in [-0.25, -0.2) is 0 Å². The highest BCUT2D eigenvalue weighted by Gasteiger charge is 2.47. The fraction of sp³-hybridized carbons (Fsp3) is 0.867. The maximum absolute atomic E-state index is 3.68. The molecule has 102 valence electrons. The Morgan fingerprint density at radius 1 is 1.22 bits per heavy atom. The second-order valence-corrected chi connectivity index (χ2v) is 6.40. The van der Waals surface area contributed by atoms with Gasteiger partial charge in [-0.15, -0.1) is 0 Å². The Hall–Kier alpha value is -0.380. The molecule has 3 aliphatic rings. The molecular formula is C15H27N3. The summed E-state index contributed by atoms with van der Waals surface area (Å²) in [4.78, 5) is 0. The van der Waals surface area contributed by atoms with Gasteiger partial charge in [0.1, 0.15) is 0 Å². The largest absolute Gasteiger partial charge is 0.312 e. The Labute approximate surface area is 111 Å². The number of hydrogen-bond acceptors (Lipinski definition) is 3. The average molecular weight is 249 g/mol. The molecule has 3 aliphatic carbocycles. The van der Waals surface area contributed by atoms with E-state index in [0.29, 0.717) is 0 Å². The van der Waals surface area contributed by atoms with Crippen molar-refractivity contribution in [2.24, 2.45) is 23.7 Å². The van der Waals surface area contributed by atoms with Crippen LogP contribution >= 0.6 is 0 Å². The van der Waals surface area contributed by atoms with Gasteiger partial charge in [-0.05, 0) is 50.0 Å². The molecule has 0 aromatic heterocycles. The first-order chi connectivity index (χ1) is 8.79. The molecule has 18 heavy (non-hydrogen) atoms. The maximum atomic E-state index is 3.68. The molecule has 3 N–H and O–H groups in total. The molecule has 1 unspecified atom stereocenters. The summed E-state index contributed by atoms with van der Waals surface area (Å²) < 4.78 is 0. The predicted molar refractivity (Wildman–Crippen MR) is 75.3 cm³/mol. The molecule has 5 atom stereocenters. The van der Waals surface area contributed by atoms with E-state index in [1.807, 2.05) is 7.05 Å². The topological polar surface area (TPSA) is 36.1 Å². The molecule has 0 saturated heterocycles. The van der Waals surface area contributed by atoms with E-state index in [1.54, 1.807) is 5.57 Å². The molecule has 2 saturated carbocycles. The monoisotopic (exact) mass is 249 g/mol. The van der Waals surface area contributed by atoms with E-state index in [0.717, 1.165) is 49.5 Å². The van der Waals surface area contributed by atoms with E-state index in [1.165, 1.54) is 19.3 Å². The average Bonchev–Trinajstić information content (AvgIpc) is 3.22.